The topological polar surface area (TPSA) is 59.8 Å². The van der Waals surface area contributed by atoms with E-state index >= 15 is 0 Å². The Hall–Kier alpha value is -3.34. The maximum Gasteiger partial charge on any atom is 0.347 e. The Balaban J connectivity index is 1.84. The van der Waals surface area contributed by atoms with Gasteiger partial charge < -0.3 is 14.1 Å². The number of anilines is 1. The van der Waals surface area contributed by atoms with Gasteiger partial charge >= 0.3 is 5.63 Å². The third-order valence-electron chi connectivity index (χ3n) is 4.73. The molecule has 150 valence electrons. The predicted molar refractivity (Wildman–Crippen MR) is 117 cm³/mol. The van der Waals surface area contributed by atoms with E-state index in [1.165, 1.54) is 6.08 Å². The van der Waals surface area contributed by atoms with E-state index in [0.29, 0.717) is 12.2 Å². The summed E-state index contributed by atoms with van der Waals surface area (Å²) in [4.78, 5) is 27.1. The van der Waals surface area contributed by atoms with Gasteiger partial charge in [-0.05, 0) is 62.7 Å². The standard InChI is InChI=1S/C24H25NO4/c1-4-25(5-2)19-11-10-18-15-21(24(27)29-23(18)16-19)22(26)14-9-17-7-12-20(13-8-17)28-6-3/h7-16H,4-6H2,1-3H3/b14-9+. The molecule has 2 aromatic carbocycles. The second-order valence-corrected chi connectivity index (χ2v) is 6.54. The fraction of sp³-hybridized carbons (Fsp3) is 0.250. The molecule has 0 atom stereocenters. The van der Waals surface area contributed by atoms with E-state index in [-0.39, 0.29) is 11.3 Å². The van der Waals surface area contributed by atoms with Crippen LogP contribution in [0.5, 0.6) is 5.75 Å². The number of carbonyl (C=O) groups is 1. The summed E-state index contributed by atoms with van der Waals surface area (Å²) in [7, 11) is 0. The van der Waals surface area contributed by atoms with Crippen molar-refractivity contribution in [3.63, 3.8) is 0 Å². The van der Waals surface area contributed by atoms with Gasteiger partial charge in [-0.2, -0.15) is 0 Å². The van der Waals surface area contributed by atoms with Gasteiger partial charge in [0.2, 0.25) is 0 Å². The molecular formula is C24H25NO4. The van der Waals surface area contributed by atoms with Crippen molar-refractivity contribution in [2.45, 2.75) is 20.8 Å². The van der Waals surface area contributed by atoms with Gasteiger partial charge in [-0.3, -0.25) is 4.79 Å². The molecule has 0 amide bonds. The van der Waals surface area contributed by atoms with Gasteiger partial charge in [-0.25, -0.2) is 4.79 Å². The van der Waals surface area contributed by atoms with Crippen LogP contribution in [0.4, 0.5) is 5.69 Å². The second-order valence-electron chi connectivity index (χ2n) is 6.54. The highest BCUT2D eigenvalue weighted by Crippen LogP contribution is 2.22. The van der Waals surface area contributed by atoms with Crippen LogP contribution in [0.15, 0.2) is 63.8 Å². The van der Waals surface area contributed by atoms with E-state index in [1.807, 2.05) is 49.4 Å². The number of allylic oxidation sites excluding steroid dienone is 1. The summed E-state index contributed by atoms with van der Waals surface area (Å²) in [6, 6.07) is 14.7. The number of benzene rings is 2. The summed E-state index contributed by atoms with van der Waals surface area (Å²) in [5.74, 6) is 0.387. The highest BCUT2D eigenvalue weighted by molar-refractivity contribution is 6.07. The number of fused-ring (bicyclic) bond motifs is 1. The molecular weight excluding hydrogens is 366 g/mol. The number of hydrogen-bond acceptors (Lipinski definition) is 5. The summed E-state index contributed by atoms with van der Waals surface area (Å²) in [5, 5.41) is 0.721. The first-order chi connectivity index (χ1) is 14.0. The largest absolute Gasteiger partial charge is 0.494 e. The number of hydrogen-bond donors (Lipinski definition) is 0. The maximum atomic E-state index is 12.5. The van der Waals surface area contributed by atoms with E-state index in [9.17, 15) is 9.59 Å². The first-order valence-electron chi connectivity index (χ1n) is 9.83. The van der Waals surface area contributed by atoms with Crippen molar-refractivity contribution in [3.8, 4) is 5.75 Å². The minimum atomic E-state index is -0.629. The molecule has 0 radical (unpaired) electrons. The van der Waals surface area contributed by atoms with Crippen molar-refractivity contribution in [1.82, 2.24) is 0 Å². The lowest BCUT2D eigenvalue weighted by Gasteiger charge is -2.20. The third kappa shape index (κ3) is 4.74. The van der Waals surface area contributed by atoms with Crippen LogP contribution in [0.2, 0.25) is 0 Å². The SMILES string of the molecule is CCOc1ccc(/C=C/C(=O)c2cc3ccc(N(CC)CC)cc3oc2=O)cc1. The molecule has 0 aliphatic heterocycles. The summed E-state index contributed by atoms with van der Waals surface area (Å²) in [5.41, 5.74) is 1.70. The lowest BCUT2D eigenvalue weighted by atomic mass is 10.1. The monoisotopic (exact) mass is 391 g/mol. The lowest BCUT2D eigenvalue weighted by Crippen LogP contribution is -2.21. The second kappa shape index (κ2) is 9.24. The van der Waals surface area contributed by atoms with Crippen molar-refractivity contribution >= 4 is 28.5 Å². The molecule has 0 saturated carbocycles. The number of carbonyl (C=O) groups excluding carboxylic acids is 1. The molecule has 3 aromatic rings. The summed E-state index contributed by atoms with van der Waals surface area (Å²) >= 11 is 0. The minimum absolute atomic E-state index is 0.0234. The molecule has 0 bridgehead atoms. The van der Waals surface area contributed by atoms with Gasteiger partial charge in [0.15, 0.2) is 5.78 Å². The van der Waals surface area contributed by atoms with Crippen LogP contribution in [0.25, 0.3) is 17.0 Å². The number of rotatable bonds is 8. The van der Waals surface area contributed by atoms with Gasteiger partial charge in [-0.1, -0.05) is 18.2 Å². The Bertz CT molecular complexity index is 1080. The number of ketones is 1. The van der Waals surface area contributed by atoms with Crippen molar-refractivity contribution in [2.75, 3.05) is 24.6 Å². The maximum absolute atomic E-state index is 12.5. The summed E-state index contributed by atoms with van der Waals surface area (Å²) in [6.07, 6.45) is 3.06. The van der Waals surface area contributed by atoms with E-state index in [4.69, 9.17) is 9.15 Å². The fourth-order valence-electron chi connectivity index (χ4n) is 3.16. The minimum Gasteiger partial charge on any atom is -0.494 e. The van der Waals surface area contributed by atoms with E-state index in [2.05, 4.69) is 18.7 Å². The molecule has 5 heteroatoms. The van der Waals surface area contributed by atoms with Gasteiger partial charge in [0.05, 0.1) is 6.61 Å². The molecule has 3 rings (SSSR count). The Kier molecular flexibility index (Phi) is 6.50. The molecule has 1 heterocycles. The van der Waals surface area contributed by atoms with Crippen molar-refractivity contribution < 1.29 is 13.9 Å². The quantitative estimate of drug-likeness (QED) is 0.309. The normalized spacial score (nSPS) is 11.1. The van der Waals surface area contributed by atoms with E-state index < -0.39 is 5.63 Å². The first kappa shape index (κ1) is 20.4. The lowest BCUT2D eigenvalue weighted by molar-refractivity contribution is 0.104. The van der Waals surface area contributed by atoms with Crippen LogP contribution in [0.1, 0.15) is 36.7 Å². The molecule has 0 unspecified atom stereocenters. The molecule has 0 aliphatic rings. The molecule has 0 N–H and O–H groups in total. The van der Waals surface area contributed by atoms with E-state index in [0.717, 1.165) is 35.5 Å². The van der Waals surface area contributed by atoms with Crippen LogP contribution in [0.3, 0.4) is 0 Å². The third-order valence-corrected chi connectivity index (χ3v) is 4.73. The molecule has 29 heavy (non-hydrogen) atoms. The van der Waals surface area contributed by atoms with E-state index in [1.54, 1.807) is 12.1 Å². The average Bonchev–Trinajstić information content (AvgIpc) is 2.73. The van der Waals surface area contributed by atoms with Gasteiger partial charge in [0.25, 0.3) is 0 Å². The molecule has 0 spiro atoms. The highest BCUT2D eigenvalue weighted by atomic mass is 16.5. The average molecular weight is 391 g/mol. The molecule has 0 fully saturated rings. The number of ether oxygens (including phenoxy) is 1. The van der Waals surface area contributed by atoms with Crippen molar-refractivity contribution in [3.05, 3.63) is 76.2 Å². The number of nitrogens with zero attached hydrogens (tertiary/aromatic N) is 1. The van der Waals surface area contributed by atoms with Crippen LogP contribution < -0.4 is 15.3 Å². The van der Waals surface area contributed by atoms with Crippen LogP contribution in [0, 0.1) is 0 Å². The first-order valence-corrected chi connectivity index (χ1v) is 9.83. The van der Waals surface area contributed by atoms with Crippen LogP contribution in [-0.4, -0.2) is 25.5 Å². The van der Waals surface area contributed by atoms with Crippen molar-refractivity contribution in [2.24, 2.45) is 0 Å². The van der Waals surface area contributed by atoms with Gasteiger partial charge in [0.1, 0.15) is 16.9 Å². The summed E-state index contributed by atoms with van der Waals surface area (Å²) in [6.45, 7) is 8.39. The van der Waals surface area contributed by atoms with Gasteiger partial charge in [0, 0.05) is 30.2 Å². The van der Waals surface area contributed by atoms with Crippen molar-refractivity contribution in [1.29, 1.82) is 0 Å². The fourth-order valence-corrected chi connectivity index (χ4v) is 3.16. The Morgan fingerprint density at radius 3 is 2.41 bits per heavy atom. The molecule has 0 saturated heterocycles. The zero-order valence-electron chi connectivity index (χ0n) is 17.0. The predicted octanol–water partition coefficient (Wildman–Crippen LogP) is 4.93. The van der Waals surface area contributed by atoms with Gasteiger partial charge in [-0.15, -0.1) is 0 Å². The molecule has 5 nitrogen and oxygen atoms in total. The Morgan fingerprint density at radius 2 is 1.76 bits per heavy atom. The smallest absolute Gasteiger partial charge is 0.347 e. The highest BCUT2D eigenvalue weighted by Gasteiger charge is 2.12. The van der Waals surface area contributed by atoms with Crippen LogP contribution in [-0.2, 0) is 0 Å². The molecule has 0 aliphatic carbocycles. The summed E-state index contributed by atoms with van der Waals surface area (Å²) < 4.78 is 10.8. The zero-order valence-corrected chi connectivity index (χ0v) is 17.0. The van der Waals surface area contributed by atoms with Crippen LogP contribution >= 0.6 is 0 Å². The zero-order chi connectivity index (χ0) is 20.8. The Morgan fingerprint density at radius 1 is 1.03 bits per heavy atom. The Labute approximate surface area is 170 Å². The molecule has 1 aromatic heterocycles.